The summed E-state index contributed by atoms with van der Waals surface area (Å²) >= 11 is 0. The minimum atomic E-state index is -0.588. The average Bonchev–Trinajstić information content (AvgIpc) is 3.39. The summed E-state index contributed by atoms with van der Waals surface area (Å²) in [7, 11) is 1.45. The Morgan fingerprint density at radius 3 is 2.50 bits per heavy atom. The summed E-state index contributed by atoms with van der Waals surface area (Å²) in [5.41, 5.74) is 8.24. The smallest absolute Gasteiger partial charge is 0.253 e. The van der Waals surface area contributed by atoms with Gasteiger partial charge in [0.1, 0.15) is 5.82 Å². The van der Waals surface area contributed by atoms with E-state index in [0.717, 1.165) is 11.1 Å². The molecule has 0 bridgehead atoms. The fourth-order valence-corrected chi connectivity index (χ4v) is 3.28. The number of nitrogens with one attached hydrogen (secondary N) is 2. The number of hydrogen-bond acceptors (Lipinski definition) is 3. The molecule has 0 aromatic heterocycles. The van der Waals surface area contributed by atoms with Crippen LogP contribution in [0.5, 0.6) is 0 Å². The lowest BCUT2D eigenvalue weighted by atomic mass is 9.92. The van der Waals surface area contributed by atoms with E-state index in [0.29, 0.717) is 12.0 Å². The SMILES string of the molecule is CNC(=O)c1ccc(C[C@H](N)CNC(=O)C2=C[C@@]2(C)c2ccccc2)cc1F. The molecule has 1 aliphatic carbocycles. The second-order valence-electron chi connectivity index (χ2n) is 7.19. The van der Waals surface area contributed by atoms with E-state index in [1.54, 1.807) is 6.07 Å². The van der Waals surface area contributed by atoms with E-state index in [9.17, 15) is 14.0 Å². The van der Waals surface area contributed by atoms with Crippen molar-refractivity contribution < 1.29 is 14.0 Å². The van der Waals surface area contributed by atoms with Crippen LogP contribution in [0.15, 0.2) is 60.2 Å². The van der Waals surface area contributed by atoms with Crippen molar-refractivity contribution in [2.45, 2.75) is 24.8 Å². The molecule has 28 heavy (non-hydrogen) atoms. The van der Waals surface area contributed by atoms with Crippen LogP contribution in [-0.4, -0.2) is 31.4 Å². The number of halogens is 1. The van der Waals surface area contributed by atoms with Crippen LogP contribution >= 0.6 is 0 Å². The maximum atomic E-state index is 14.0. The fraction of sp³-hybridized carbons (Fsp3) is 0.273. The van der Waals surface area contributed by atoms with Gasteiger partial charge in [0.15, 0.2) is 0 Å². The molecule has 0 saturated heterocycles. The van der Waals surface area contributed by atoms with Gasteiger partial charge in [0, 0.05) is 30.6 Å². The molecule has 2 atom stereocenters. The maximum Gasteiger partial charge on any atom is 0.253 e. The zero-order chi connectivity index (χ0) is 20.3. The largest absolute Gasteiger partial charge is 0.355 e. The van der Waals surface area contributed by atoms with E-state index in [-0.39, 0.29) is 29.5 Å². The number of amides is 2. The molecular weight excluding hydrogens is 357 g/mol. The van der Waals surface area contributed by atoms with Crippen LogP contribution in [0.3, 0.4) is 0 Å². The molecule has 0 radical (unpaired) electrons. The highest BCUT2D eigenvalue weighted by Crippen LogP contribution is 2.46. The van der Waals surface area contributed by atoms with Crippen molar-refractivity contribution in [2.75, 3.05) is 13.6 Å². The normalized spacial score (nSPS) is 18.8. The van der Waals surface area contributed by atoms with E-state index in [1.165, 1.54) is 19.2 Å². The summed E-state index contributed by atoms with van der Waals surface area (Å²) in [6.07, 6.45) is 2.33. The van der Waals surface area contributed by atoms with Gasteiger partial charge < -0.3 is 16.4 Å². The monoisotopic (exact) mass is 381 g/mol. The minimum Gasteiger partial charge on any atom is -0.355 e. The van der Waals surface area contributed by atoms with Crippen LogP contribution in [0.4, 0.5) is 4.39 Å². The third-order valence-electron chi connectivity index (χ3n) is 5.06. The predicted octanol–water partition coefficient (Wildman–Crippen LogP) is 2.07. The summed E-state index contributed by atoms with van der Waals surface area (Å²) in [4.78, 5) is 24.0. The molecule has 0 heterocycles. The first kappa shape index (κ1) is 19.8. The summed E-state index contributed by atoms with van der Waals surface area (Å²) in [5, 5.41) is 5.25. The second kappa shape index (κ2) is 7.94. The Labute approximate surface area is 163 Å². The fourth-order valence-electron chi connectivity index (χ4n) is 3.28. The molecule has 2 amide bonds. The van der Waals surface area contributed by atoms with Crippen LogP contribution in [0.2, 0.25) is 0 Å². The van der Waals surface area contributed by atoms with E-state index in [1.807, 2.05) is 43.3 Å². The van der Waals surface area contributed by atoms with E-state index >= 15 is 0 Å². The van der Waals surface area contributed by atoms with Crippen LogP contribution in [0, 0.1) is 5.82 Å². The zero-order valence-corrected chi connectivity index (χ0v) is 16.0. The first-order valence-corrected chi connectivity index (χ1v) is 9.18. The van der Waals surface area contributed by atoms with Crippen molar-refractivity contribution in [1.82, 2.24) is 10.6 Å². The van der Waals surface area contributed by atoms with Gasteiger partial charge in [0.2, 0.25) is 5.91 Å². The summed E-state index contributed by atoms with van der Waals surface area (Å²) in [5.74, 6) is -1.20. The number of hydrogen-bond donors (Lipinski definition) is 3. The number of carbonyl (C=O) groups excluding carboxylic acids is 2. The number of nitrogens with two attached hydrogens (primary N) is 1. The topological polar surface area (TPSA) is 84.2 Å². The minimum absolute atomic E-state index is 0.00556. The molecule has 1 aliphatic rings. The van der Waals surface area contributed by atoms with Crippen LogP contribution in [0.1, 0.15) is 28.4 Å². The maximum absolute atomic E-state index is 14.0. The van der Waals surface area contributed by atoms with Gasteiger partial charge in [-0.1, -0.05) is 42.5 Å². The number of carbonyl (C=O) groups is 2. The highest BCUT2D eigenvalue weighted by atomic mass is 19.1. The summed E-state index contributed by atoms with van der Waals surface area (Å²) in [6.45, 7) is 2.29. The van der Waals surface area contributed by atoms with Crippen LogP contribution < -0.4 is 16.4 Å². The molecule has 4 N–H and O–H groups in total. The number of rotatable bonds is 7. The second-order valence-corrected chi connectivity index (χ2v) is 7.19. The van der Waals surface area contributed by atoms with Crippen molar-refractivity contribution in [3.8, 4) is 0 Å². The summed E-state index contributed by atoms with van der Waals surface area (Å²) in [6, 6.07) is 13.9. The van der Waals surface area contributed by atoms with Gasteiger partial charge in [-0.3, -0.25) is 9.59 Å². The first-order valence-electron chi connectivity index (χ1n) is 9.18. The van der Waals surface area contributed by atoms with Crippen molar-refractivity contribution in [1.29, 1.82) is 0 Å². The molecular formula is C22H24FN3O2. The molecule has 3 rings (SSSR count). The van der Waals surface area contributed by atoms with Crippen LogP contribution in [0.25, 0.3) is 0 Å². The number of allylic oxidation sites excluding steroid dienone is 1. The third-order valence-corrected chi connectivity index (χ3v) is 5.06. The molecule has 2 aromatic carbocycles. The molecule has 2 aromatic rings. The van der Waals surface area contributed by atoms with Gasteiger partial charge in [-0.05, 0) is 36.6 Å². The van der Waals surface area contributed by atoms with Gasteiger partial charge in [-0.2, -0.15) is 0 Å². The van der Waals surface area contributed by atoms with Crippen LogP contribution in [-0.2, 0) is 16.6 Å². The average molecular weight is 381 g/mol. The highest BCUT2D eigenvalue weighted by molar-refractivity contribution is 6.02. The van der Waals surface area contributed by atoms with Crippen molar-refractivity contribution >= 4 is 11.8 Å². The Morgan fingerprint density at radius 1 is 1.14 bits per heavy atom. The summed E-state index contributed by atoms with van der Waals surface area (Å²) < 4.78 is 14.0. The van der Waals surface area contributed by atoms with Gasteiger partial charge in [-0.15, -0.1) is 0 Å². The first-order chi connectivity index (χ1) is 13.3. The zero-order valence-electron chi connectivity index (χ0n) is 16.0. The Morgan fingerprint density at radius 2 is 1.86 bits per heavy atom. The Kier molecular flexibility index (Phi) is 5.61. The van der Waals surface area contributed by atoms with E-state index < -0.39 is 11.7 Å². The molecule has 146 valence electrons. The Balaban J connectivity index is 1.52. The lowest BCUT2D eigenvalue weighted by Crippen LogP contribution is -2.39. The van der Waals surface area contributed by atoms with Gasteiger partial charge in [0.25, 0.3) is 5.91 Å². The Bertz CT molecular complexity index is 927. The van der Waals surface area contributed by atoms with E-state index in [4.69, 9.17) is 5.73 Å². The number of benzene rings is 2. The predicted molar refractivity (Wildman–Crippen MR) is 106 cm³/mol. The quantitative estimate of drug-likeness (QED) is 0.686. The molecule has 0 unspecified atom stereocenters. The lowest BCUT2D eigenvalue weighted by molar-refractivity contribution is -0.117. The van der Waals surface area contributed by atoms with Crippen molar-refractivity contribution in [3.05, 3.63) is 82.7 Å². The molecule has 0 fully saturated rings. The molecule has 0 spiro atoms. The third kappa shape index (κ3) is 4.12. The van der Waals surface area contributed by atoms with Gasteiger partial charge in [-0.25, -0.2) is 4.39 Å². The standard InChI is InChI=1S/C22H24FN3O2/c1-22(15-6-4-3-5-7-15)12-18(22)21(28)26-13-16(24)10-14-8-9-17(19(23)11-14)20(27)25-2/h3-9,11-12,16H,10,13,24H2,1-2H3,(H,25,27)(H,26,28)/t16-,22-/m0/s1. The molecule has 5 nitrogen and oxygen atoms in total. The van der Waals surface area contributed by atoms with Gasteiger partial charge >= 0.3 is 0 Å². The lowest BCUT2D eigenvalue weighted by Gasteiger charge is -2.15. The molecule has 0 aliphatic heterocycles. The highest BCUT2D eigenvalue weighted by Gasteiger charge is 2.44. The van der Waals surface area contributed by atoms with Crippen molar-refractivity contribution in [3.63, 3.8) is 0 Å². The van der Waals surface area contributed by atoms with Crippen molar-refractivity contribution in [2.24, 2.45) is 5.73 Å². The van der Waals surface area contributed by atoms with Gasteiger partial charge in [0.05, 0.1) is 5.56 Å². The molecule has 6 heteroatoms. The molecule has 0 saturated carbocycles. The van der Waals surface area contributed by atoms with E-state index in [2.05, 4.69) is 10.6 Å². The Hall–Kier alpha value is -2.99.